The van der Waals surface area contributed by atoms with Gasteiger partial charge in [0.05, 0.1) is 51.2 Å². The maximum atomic E-state index is 10.6. The minimum Gasteiger partial charge on any atom is -0.504 e. The quantitative estimate of drug-likeness (QED) is 0.0807. The van der Waals surface area contributed by atoms with Crippen molar-refractivity contribution in [3.63, 3.8) is 0 Å². The molecule has 12 nitrogen and oxygen atoms in total. The summed E-state index contributed by atoms with van der Waals surface area (Å²) in [6, 6.07) is 28.5. The van der Waals surface area contributed by atoms with Crippen LogP contribution in [0.1, 0.15) is 22.8 Å². The van der Waals surface area contributed by atoms with Crippen LogP contribution < -0.4 is 18.9 Å². The molecule has 0 saturated carbocycles. The zero-order valence-corrected chi connectivity index (χ0v) is 34.2. The number of fused-ring (bicyclic) bond motifs is 8. The van der Waals surface area contributed by atoms with Crippen LogP contribution in [-0.2, 0) is 16.5 Å². The Morgan fingerprint density at radius 1 is 0.361 bits per heavy atom. The molecular weight excluding hydrogens is 819 g/mol. The zero-order valence-electron chi connectivity index (χ0n) is 33.2. The van der Waals surface area contributed by atoms with Gasteiger partial charge in [0, 0.05) is 44.3 Å². The van der Waals surface area contributed by atoms with Crippen LogP contribution in [0.25, 0.3) is 90.9 Å². The summed E-state index contributed by atoms with van der Waals surface area (Å²) in [6.45, 7) is 0. The largest absolute Gasteiger partial charge is 2.00 e. The van der Waals surface area contributed by atoms with Crippen LogP contribution in [-0.4, -0.2) is 68.8 Å². The Morgan fingerprint density at radius 3 is 0.803 bits per heavy atom. The average molecular weight is 858 g/mol. The predicted octanol–water partition coefficient (Wildman–Crippen LogP) is 10.2. The van der Waals surface area contributed by atoms with Gasteiger partial charge in [0.25, 0.3) is 0 Å². The Kier molecular flexibility index (Phi) is 10.7. The van der Waals surface area contributed by atoms with Crippen molar-refractivity contribution in [3.05, 3.63) is 120 Å². The van der Waals surface area contributed by atoms with Crippen molar-refractivity contribution in [2.24, 2.45) is 0 Å². The van der Waals surface area contributed by atoms with E-state index in [4.69, 9.17) is 28.9 Å². The monoisotopic (exact) mass is 856 g/mol. The summed E-state index contributed by atoms with van der Waals surface area (Å²) in [5, 5.41) is 42.4. The molecule has 6 N–H and O–H groups in total. The molecule has 0 aliphatic carbocycles. The number of aromatic hydroxyl groups is 4. The number of H-pyrrole nitrogens is 2. The fraction of sp³-hybridized carbons (Fsp3) is 0.0833. The van der Waals surface area contributed by atoms with E-state index in [1.807, 2.05) is 72.8 Å². The zero-order chi connectivity index (χ0) is 41.7. The molecule has 61 heavy (non-hydrogen) atoms. The van der Waals surface area contributed by atoms with Crippen molar-refractivity contribution >= 4 is 46.4 Å². The third-order valence-electron chi connectivity index (χ3n) is 10.6. The smallest absolute Gasteiger partial charge is 0.504 e. The van der Waals surface area contributed by atoms with Gasteiger partial charge in [0.15, 0.2) is 46.0 Å². The Hall–Kier alpha value is -7.63. The van der Waals surface area contributed by atoms with E-state index in [1.54, 1.807) is 48.5 Å². The molecule has 8 bridgehead atoms. The van der Waals surface area contributed by atoms with E-state index in [2.05, 4.69) is 9.97 Å². The van der Waals surface area contributed by atoms with Gasteiger partial charge >= 0.3 is 16.5 Å². The van der Waals surface area contributed by atoms with Crippen LogP contribution >= 0.6 is 0 Å². The van der Waals surface area contributed by atoms with Crippen LogP contribution in [0, 0.1) is 0 Å². The molecule has 2 aliphatic heterocycles. The van der Waals surface area contributed by atoms with E-state index in [-0.39, 0.29) is 39.5 Å². The first-order valence-electron chi connectivity index (χ1n) is 18.8. The summed E-state index contributed by atoms with van der Waals surface area (Å²) in [7, 11) is 6.00. The van der Waals surface area contributed by atoms with Crippen molar-refractivity contribution in [2.45, 2.75) is 0 Å². The summed E-state index contributed by atoms with van der Waals surface area (Å²) in [5.74, 6) is 1.16. The standard InChI is InChI=1S/C48H38N4O8.Ni/c1-57-41-21-25(5-17-37(41)53)45-29-9-11-31(49-29)46(26-6-18-38(54)42(22-26)58-2)33-13-15-35(51-33)48(28-8-20-40(56)44(24-28)60-4)36-16-14-34(52-36)47(32-12-10-30(45)50-32)27-7-19-39(55)43(23-27)59-3;/h5-24,49,52-56H,1-4H3;/q;+2. The molecule has 0 unspecified atom stereocenters. The normalized spacial score (nSPS) is 11.6. The molecule has 2 aliphatic rings. The number of nitrogens with one attached hydrogen (secondary N) is 2. The SMILES string of the molecule is COc1cc(-c2c3nc(c(-c4ccc(O)c(OC)c4)c4ccc([nH]4)c(-c4ccc(O)c(OC)c4)c4nc(c(-c5ccc(O)c(OC)c5)c5ccc2[nH]5)C=C4)C=C3)ccc1O.[Ni+2]. The van der Waals surface area contributed by atoms with Crippen LogP contribution in [0.5, 0.6) is 46.0 Å². The van der Waals surface area contributed by atoms with Gasteiger partial charge in [-0.1, -0.05) is 24.3 Å². The maximum Gasteiger partial charge on any atom is 2.00 e. The van der Waals surface area contributed by atoms with E-state index in [0.717, 1.165) is 44.5 Å². The third kappa shape index (κ3) is 7.15. The number of phenolic OH excluding ortho intramolecular Hbond substituents is 4. The number of hydrogen-bond acceptors (Lipinski definition) is 10. The van der Waals surface area contributed by atoms with Gasteiger partial charge in [-0.2, -0.15) is 0 Å². The maximum absolute atomic E-state index is 10.6. The average Bonchev–Trinajstić information content (AvgIpc) is 4.11. The van der Waals surface area contributed by atoms with Crippen molar-refractivity contribution < 1.29 is 55.9 Å². The molecule has 306 valence electrons. The minimum atomic E-state index is -0.00487. The number of aromatic amines is 2. The molecule has 7 aromatic rings. The topological polar surface area (TPSA) is 175 Å². The Labute approximate surface area is 359 Å². The summed E-state index contributed by atoms with van der Waals surface area (Å²) in [6.07, 6.45) is 7.74. The molecule has 9 rings (SSSR count). The van der Waals surface area contributed by atoms with Crippen LogP contribution in [0.2, 0.25) is 0 Å². The number of benzene rings is 4. The molecule has 0 atom stereocenters. The minimum absolute atomic E-state index is 0. The molecule has 0 saturated heterocycles. The molecule has 3 aromatic heterocycles. The van der Waals surface area contributed by atoms with Crippen molar-refractivity contribution in [2.75, 3.05) is 28.4 Å². The Bertz CT molecular complexity index is 2710. The van der Waals surface area contributed by atoms with Crippen LogP contribution in [0.3, 0.4) is 0 Å². The molecule has 0 radical (unpaired) electrons. The number of aromatic nitrogens is 4. The second-order valence-electron chi connectivity index (χ2n) is 14.0. The number of methoxy groups -OCH3 is 4. The van der Waals surface area contributed by atoms with Gasteiger partial charge in [0.2, 0.25) is 0 Å². The molecule has 0 amide bonds. The fourth-order valence-corrected chi connectivity index (χ4v) is 7.75. The predicted molar refractivity (Wildman–Crippen MR) is 233 cm³/mol. The van der Waals surface area contributed by atoms with E-state index < -0.39 is 0 Å². The fourth-order valence-electron chi connectivity index (χ4n) is 7.75. The second-order valence-corrected chi connectivity index (χ2v) is 14.0. The van der Waals surface area contributed by atoms with Gasteiger partial charge in [-0.3, -0.25) is 0 Å². The third-order valence-corrected chi connectivity index (χ3v) is 10.6. The first kappa shape index (κ1) is 40.2. The molecule has 13 heteroatoms. The summed E-state index contributed by atoms with van der Waals surface area (Å²) < 4.78 is 22.2. The first-order chi connectivity index (χ1) is 29.2. The van der Waals surface area contributed by atoms with E-state index >= 15 is 0 Å². The van der Waals surface area contributed by atoms with Gasteiger partial charge in [-0.05, 0) is 119 Å². The van der Waals surface area contributed by atoms with E-state index in [1.165, 1.54) is 28.4 Å². The molecule has 5 heterocycles. The van der Waals surface area contributed by atoms with Gasteiger partial charge in [-0.15, -0.1) is 0 Å². The Balaban J connectivity index is 0.00000514. The van der Waals surface area contributed by atoms with Gasteiger partial charge in [0.1, 0.15) is 0 Å². The summed E-state index contributed by atoms with van der Waals surface area (Å²) in [5.41, 5.74) is 11.1. The second kappa shape index (κ2) is 16.2. The van der Waals surface area contributed by atoms with E-state index in [9.17, 15) is 20.4 Å². The van der Waals surface area contributed by atoms with Gasteiger partial charge < -0.3 is 49.3 Å². The number of nitrogens with zero attached hydrogens (tertiary/aromatic N) is 2. The molecule has 0 spiro atoms. The first-order valence-corrected chi connectivity index (χ1v) is 18.8. The number of phenols is 4. The summed E-state index contributed by atoms with van der Waals surface area (Å²) >= 11 is 0. The number of ether oxygens (including phenoxy) is 4. The number of hydrogen-bond donors (Lipinski definition) is 6. The molecule has 4 aromatic carbocycles. The number of rotatable bonds is 8. The van der Waals surface area contributed by atoms with Crippen LogP contribution in [0.4, 0.5) is 0 Å². The molecule has 0 fully saturated rings. The van der Waals surface area contributed by atoms with Crippen molar-refractivity contribution in [3.8, 4) is 90.5 Å². The molecular formula is C48H38N4NiO8+2. The summed E-state index contributed by atoms with van der Waals surface area (Å²) in [4.78, 5) is 17.9. The van der Waals surface area contributed by atoms with Crippen molar-refractivity contribution in [1.29, 1.82) is 0 Å². The van der Waals surface area contributed by atoms with E-state index in [0.29, 0.717) is 67.8 Å². The Morgan fingerprint density at radius 2 is 0.590 bits per heavy atom. The van der Waals surface area contributed by atoms with Crippen LogP contribution in [0.15, 0.2) is 97.1 Å². The van der Waals surface area contributed by atoms with Crippen molar-refractivity contribution in [1.82, 2.24) is 19.9 Å². The van der Waals surface area contributed by atoms with Gasteiger partial charge in [-0.25, -0.2) is 9.97 Å².